The second-order valence-corrected chi connectivity index (χ2v) is 5.66. The Balaban J connectivity index is 2.33. The van der Waals surface area contributed by atoms with E-state index >= 15 is 0 Å². The van der Waals surface area contributed by atoms with Gasteiger partial charge in [-0.3, -0.25) is 9.69 Å². The first-order chi connectivity index (χ1) is 11.6. The summed E-state index contributed by atoms with van der Waals surface area (Å²) in [5, 5.41) is 0. The zero-order chi connectivity index (χ0) is 17.5. The van der Waals surface area contributed by atoms with Gasteiger partial charge in [-0.05, 0) is 37.1 Å². The molecule has 0 radical (unpaired) electrons. The van der Waals surface area contributed by atoms with Gasteiger partial charge in [0.15, 0.2) is 0 Å². The molecule has 0 saturated carbocycles. The number of ether oxygens (including phenoxy) is 1. The van der Waals surface area contributed by atoms with Crippen molar-refractivity contribution in [3.05, 3.63) is 47.8 Å². The Bertz CT molecular complexity index is 750. The maximum Gasteiger partial charge on any atom is 0.264 e. The molecule has 2 heterocycles. The van der Waals surface area contributed by atoms with Crippen molar-refractivity contribution in [2.45, 2.75) is 20.8 Å². The Hall–Kier alpha value is -2.87. The zero-order valence-corrected chi connectivity index (χ0v) is 14.2. The lowest BCUT2D eigenvalue weighted by Crippen LogP contribution is -2.32. The van der Waals surface area contributed by atoms with Crippen LogP contribution in [0.15, 0.2) is 36.7 Å². The van der Waals surface area contributed by atoms with E-state index < -0.39 is 0 Å². The predicted molar refractivity (Wildman–Crippen MR) is 94.1 cm³/mol. The number of nitrogens with zero attached hydrogens (tertiary/aromatic N) is 3. The second-order valence-electron chi connectivity index (χ2n) is 5.66. The summed E-state index contributed by atoms with van der Waals surface area (Å²) in [4.78, 5) is 23.0. The highest BCUT2D eigenvalue weighted by Gasteiger charge is 2.22. The summed E-state index contributed by atoms with van der Waals surface area (Å²) < 4.78 is 5.68. The summed E-state index contributed by atoms with van der Waals surface area (Å²) in [5.41, 5.74) is 1.08. The largest absolute Gasteiger partial charge is 0.477 e. The molecular weight excluding hydrogens is 302 g/mol. The third kappa shape index (κ3) is 4.11. The molecule has 0 aliphatic heterocycles. The van der Waals surface area contributed by atoms with Crippen LogP contribution in [0.1, 0.15) is 36.7 Å². The summed E-state index contributed by atoms with van der Waals surface area (Å²) in [7, 11) is 0. The quantitative estimate of drug-likeness (QED) is 0.766. The van der Waals surface area contributed by atoms with Crippen molar-refractivity contribution in [1.29, 1.82) is 0 Å². The van der Waals surface area contributed by atoms with Gasteiger partial charge in [0.1, 0.15) is 11.4 Å². The maximum atomic E-state index is 13.0. The topological polar surface area (TPSA) is 55.3 Å². The molecule has 5 nitrogen and oxygen atoms in total. The van der Waals surface area contributed by atoms with E-state index in [0.717, 1.165) is 0 Å². The number of carbonyl (C=O) groups excluding carboxylic acids is 1. The van der Waals surface area contributed by atoms with E-state index in [2.05, 4.69) is 15.9 Å². The van der Waals surface area contributed by atoms with Gasteiger partial charge in [0.2, 0.25) is 5.88 Å². The highest BCUT2D eigenvalue weighted by molar-refractivity contribution is 6.07. The van der Waals surface area contributed by atoms with Crippen LogP contribution < -0.4 is 9.64 Å². The van der Waals surface area contributed by atoms with E-state index in [9.17, 15) is 4.79 Å². The van der Waals surface area contributed by atoms with E-state index in [1.54, 1.807) is 41.6 Å². The van der Waals surface area contributed by atoms with Gasteiger partial charge < -0.3 is 4.74 Å². The minimum Gasteiger partial charge on any atom is -0.477 e. The number of carbonyl (C=O) groups is 1. The summed E-state index contributed by atoms with van der Waals surface area (Å²) in [6.45, 7) is 6.91. The molecule has 0 aromatic carbocycles. The summed E-state index contributed by atoms with van der Waals surface area (Å²) in [5.74, 6) is 3.52. The monoisotopic (exact) mass is 323 g/mol. The van der Waals surface area contributed by atoms with Crippen molar-refractivity contribution >= 4 is 11.7 Å². The molecule has 0 bridgehead atoms. The van der Waals surface area contributed by atoms with Crippen LogP contribution in [0.5, 0.6) is 5.88 Å². The standard InChI is InChI=1S/C19H21N3O2/c1-5-15-9-11-20-17(12-15)22(6-2)19(23)16-8-7-10-21-18(16)24-13-14(3)4/h1,7-12,14H,6,13H2,2-4H3. The van der Waals surface area contributed by atoms with Crippen LogP contribution in [0.25, 0.3) is 0 Å². The van der Waals surface area contributed by atoms with Crippen LogP contribution in [0.4, 0.5) is 5.82 Å². The fourth-order valence-electron chi connectivity index (χ4n) is 2.13. The smallest absolute Gasteiger partial charge is 0.264 e. The Morgan fingerprint density at radius 2 is 2.12 bits per heavy atom. The predicted octanol–water partition coefficient (Wildman–Crippen LogP) is 3.16. The molecule has 1 amide bonds. The number of amides is 1. The Labute approximate surface area is 142 Å². The lowest BCUT2D eigenvalue weighted by Gasteiger charge is -2.21. The van der Waals surface area contributed by atoms with Gasteiger partial charge in [0.25, 0.3) is 5.91 Å². The van der Waals surface area contributed by atoms with Crippen molar-refractivity contribution in [1.82, 2.24) is 9.97 Å². The number of rotatable bonds is 6. The zero-order valence-electron chi connectivity index (χ0n) is 14.2. The third-order valence-corrected chi connectivity index (χ3v) is 3.31. The van der Waals surface area contributed by atoms with Crippen LogP contribution in [-0.2, 0) is 0 Å². The molecule has 0 N–H and O–H groups in total. The van der Waals surface area contributed by atoms with Gasteiger partial charge in [-0.2, -0.15) is 0 Å². The number of hydrogen-bond donors (Lipinski definition) is 0. The Morgan fingerprint density at radius 1 is 1.33 bits per heavy atom. The average Bonchev–Trinajstić information content (AvgIpc) is 2.61. The molecule has 0 fully saturated rings. The molecule has 0 aliphatic carbocycles. The first kappa shape index (κ1) is 17.5. The second kappa shape index (κ2) is 8.11. The molecule has 2 rings (SSSR count). The lowest BCUT2D eigenvalue weighted by atomic mass is 10.2. The molecule has 0 atom stereocenters. The normalized spacial score (nSPS) is 10.3. The number of anilines is 1. The van der Waals surface area contributed by atoms with Gasteiger partial charge in [-0.15, -0.1) is 6.42 Å². The molecule has 0 saturated heterocycles. The van der Waals surface area contributed by atoms with Crippen molar-refractivity contribution in [3.8, 4) is 18.2 Å². The molecule has 0 spiro atoms. The third-order valence-electron chi connectivity index (χ3n) is 3.31. The van der Waals surface area contributed by atoms with Crippen molar-refractivity contribution in [2.24, 2.45) is 5.92 Å². The number of terminal acetylenes is 1. The highest BCUT2D eigenvalue weighted by Crippen LogP contribution is 2.21. The summed E-state index contributed by atoms with van der Waals surface area (Å²) in [6, 6.07) is 6.86. The van der Waals surface area contributed by atoms with Crippen LogP contribution in [0.3, 0.4) is 0 Å². The van der Waals surface area contributed by atoms with Crippen molar-refractivity contribution in [3.63, 3.8) is 0 Å². The Morgan fingerprint density at radius 3 is 2.79 bits per heavy atom. The van der Waals surface area contributed by atoms with Gasteiger partial charge in [0.05, 0.1) is 6.61 Å². The van der Waals surface area contributed by atoms with E-state index in [-0.39, 0.29) is 5.91 Å². The molecule has 24 heavy (non-hydrogen) atoms. The van der Waals surface area contributed by atoms with Crippen LogP contribution in [0, 0.1) is 18.3 Å². The van der Waals surface area contributed by atoms with Gasteiger partial charge in [-0.1, -0.05) is 19.8 Å². The molecular formula is C19H21N3O2. The van der Waals surface area contributed by atoms with Gasteiger partial charge in [0, 0.05) is 24.5 Å². The Kier molecular flexibility index (Phi) is 5.91. The molecule has 5 heteroatoms. The van der Waals surface area contributed by atoms with Crippen molar-refractivity contribution < 1.29 is 9.53 Å². The number of pyridine rings is 2. The first-order valence-electron chi connectivity index (χ1n) is 7.89. The molecule has 124 valence electrons. The van der Waals surface area contributed by atoms with Gasteiger partial charge in [-0.25, -0.2) is 9.97 Å². The van der Waals surface area contributed by atoms with E-state index in [1.165, 1.54) is 0 Å². The minimum atomic E-state index is -0.217. The molecule has 0 aliphatic rings. The number of hydrogen-bond acceptors (Lipinski definition) is 4. The first-order valence-corrected chi connectivity index (χ1v) is 7.89. The van der Waals surface area contributed by atoms with Crippen LogP contribution >= 0.6 is 0 Å². The fraction of sp³-hybridized carbons (Fsp3) is 0.316. The van der Waals surface area contributed by atoms with Crippen molar-refractivity contribution in [2.75, 3.05) is 18.1 Å². The van der Waals surface area contributed by atoms with E-state index in [4.69, 9.17) is 11.2 Å². The number of aromatic nitrogens is 2. The van der Waals surface area contributed by atoms with Gasteiger partial charge >= 0.3 is 0 Å². The van der Waals surface area contributed by atoms with Crippen LogP contribution in [-0.4, -0.2) is 29.0 Å². The SMILES string of the molecule is C#Cc1ccnc(N(CC)C(=O)c2cccnc2OCC(C)C)c1. The summed E-state index contributed by atoms with van der Waals surface area (Å²) in [6.07, 6.45) is 8.64. The van der Waals surface area contributed by atoms with E-state index in [0.29, 0.717) is 41.9 Å². The van der Waals surface area contributed by atoms with E-state index in [1.807, 2.05) is 20.8 Å². The van der Waals surface area contributed by atoms with Crippen LogP contribution in [0.2, 0.25) is 0 Å². The maximum absolute atomic E-state index is 13.0. The lowest BCUT2D eigenvalue weighted by molar-refractivity contribution is 0.0981. The molecule has 2 aromatic rings. The summed E-state index contributed by atoms with van der Waals surface area (Å²) >= 11 is 0. The molecule has 2 aromatic heterocycles. The minimum absolute atomic E-state index is 0.217. The molecule has 0 unspecified atom stereocenters. The fourth-order valence-corrected chi connectivity index (χ4v) is 2.13. The average molecular weight is 323 g/mol. The highest BCUT2D eigenvalue weighted by atomic mass is 16.5.